The lowest BCUT2D eigenvalue weighted by atomic mass is 9.82. The number of nitroso groups, excluding NO2 is 1. The molecule has 2 aliphatic rings. The monoisotopic (exact) mass is 552 g/mol. The Morgan fingerprint density at radius 3 is 2.05 bits per heavy atom. The smallest absolute Gasteiger partial charge is 0.133 e. The minimum Gasteiger partial charge on any atom is -0.507 e. The van der Waals surface area contributed by atoms with Gasteiger partial charge >= 0.3 is 0 Å². The van der Waals surface area contributed by atoms with Gasteiger partial charge in [-0.25, -0.2) is 0 Å². The molecule has 216 valence electrons. The van der Waals surface area contributed by atoms with Crippen molar-refractivity contribution < 1.29 is 29.9 Å². The van der Waals surface area contributed by atoms with Gasteiger partial charge in [0.2, 0.25) is 0 Å². The Morgan fingerprint density at radius 1 is 1.00 bits per heavy atom. The standard InChI is InChI=1S/C18H17NO7.C4H6.C3H7N.C2H6.2C2H2/c20-9-5-11-12(21)6-14(23)17(18(11)26-7-9)10-1-2-25-15-4-8(19-24)3-13(22)16(10)15;1-3-4-2;1-2-3-4;3*1-2/h3-4,6,9-10,20-23H,1-2,5,7H2;3-4H,1-2H2;3-4H,2H2,1H3;1-2H3;2*1-2H/t9-,10+;;;;;/m0...../s1. The van der Waals surface area contributed by atoms with Crippen molar-refractivity contribution in [2.75, 3.05) is 13.2 Å². The molecule has 0 aliphatic carbocycles. The highest BCUT2D eigenvalue weighted by atomic mass is 16.5. The fourth-order valence-electron chi connectivity index (χ4n) is 3.70. The minimum absolute atomic E-state index is 0.0400. The zero-order valence-electron chi connectivity index (χ0n) is 23.3. The number of hydrogen-bond donors (Lipinski definition) is 5. The summed E-state index contributed by atoms with van der Waals surface area (Å²) in [7, 11) is 0. The van der Waals surface area contributed by atoms with E-state index >= 15 is 0 Å². The van der Waals surface area contributed by atoms with E-state index in [2.05, 4.69) is 44.0 Å². The summed E-state index contributed by atoms with van der Waals surface area (Å²) in [5, 5.41) is 50.0. The Hall–Kier alpha value is -4.73. The number of hydrogen-bond acceptors (Lipinski definition) is 9. The number of nitrogens with one attached hydrogen (secondary N) is 1. The molecule has 2 aliphatic heterocycles. The lowest BCUT2D eigenvalue weighted by molar-refractivity contribution is 0.0894. The second kappa shape index (κ2) is 21.2. The summed E-state index contributed by atoms with van der Waals surface area (Å²) in [4.78, 5) is 10.8. The molecule has 2 atom stereocenters. The number of rotatable bonds is 4. The molecule has 0 amide bonds. The van der Waals surface area contributed by atoms with Crippen LogP contribution in [0.4, 0.5) is 5.69 Å². The molecule has 0 saturated carbocycles. The molecule has 5 N–H and O–H groups in total. The normalized spacial score (nSPS) is 15.1. The zero-order chi connectivity index (χ0) is 31.3. The molecule has 0 saturated heterocycles. The van der Waals surface area contributed by atoms with Gasteiger partial charge < -0.3 is 35.3 Å². The molecular weight excluding hydrogens is 512 g/mol. The number of benzene rings is 2. The van der Waals surface area contributed by atoms with E-state index in [0.717, 1.165) is 6.42 Å². The van der Waals surface area contributed by atoms with Crippen molar-refractivity contribution in [3.63, 3.8) is 0 Å². The van der Waals surface area contributed by atoms with Crippen LogP contribution in [0.15, 0.2) is 48.7 Å². The maximum atomic E-state index is 10.8. The molecule has 0 spiro atoms. The van der Waals surface area contributed by atoms with Crippen LogP contribution in [0.25, 0.3) is 0 Å². The molecule has 9 heteroatoms. The third-order valence-corrected chi connectivity index (χ3v) is 5.18. The first-order chi connectivity index (χ1) is 19.3. The molecule has 4 rings (SSSR count). The highest BCUT2D eigenvalue weighted by Crippen LogP contribution is 2.52. The number of ether oxygens (including phenoxy) is 2. The van der Waals surface area contributed by atoms with Gasteiger partial charge in [-0.05, 0) is 24.2 Å². The van der Waals surface area contributed by atoms with Gasteiger partial charge in [0.25, 0.3) is 0 Å². The van der Waals surface area contributed by atoms with Gasteiger partial charge in [-0.15, -0.1) is 30.6 Å². The van der Waals surface area contributed by atoms with Crippen LogP contribution in [-0.2, 0) is 6.42 Å². The van der Waals surface area contributed by atoms with Gasteiger partial charge in [0.15, 0.2) is 0 Å². The summed E-state index contributed by atoms with van der Waals surface area (Å²) in [6, 6.07) is 3.88. The van der Waals surface area contributed by atoms with E-state index in [1.165, 1.54) is 24.4 Å². The van der Waals surface area contributed by atoms with E-state index < -0.39 is 12.0 Å². The van der Waals surface area contributed by atoms with Gasteiger partial charge in [-0.1, -0.05) is 46.1 Å². The number of aliphatic hydroxyl groups is 1. The first kappa shape index (κ1) is 37.4. The predicted molar refractivity (Wildman–Crippen MR) is 161 cm³/mol. The average molecular weight is 553 g/mol. The third kappa shape index (κ3) is 10.2. The Balaban J connectivity index is 0. The summed E-state index contributed by atoms with van der Waals surface area (Å²) in [6.45, 7) is 13.0. The third-order valence-electron chi connectivity index (χ3n) is 5.18. The molecular formula is C31H40N2O7. The van der Waals surface area contributed by atoms with Crippen molar-refractivity contribution >= 4 is 11.9 Å². The van der Waals surface area contributed by atoms with Crippen LogP contribution in [-0.4, -0.2) is 46.0 Å². The Kier molecular flexibility index (Phi) is 19.9. The molecule has 0 aromatic heterocycles. The summed E-state index contributed by atoms with van der Waals surface area (Å²) < 4.78 is 11.2. The van der Waals surface area contributed by atoms with Crippen molar-refractivity contribution in [1.29, 1.82) is 5.41 Å². The molecule has 9 nitrogen and oxygen atoms in total. The van der Waals surface area contributed by atoms with Crippen molar-refractivity contribution in [3.05, 3.63) is 65.1 Å². The lowest BCUT2D eigenvalue weighted by Crippen LogP contribution is -2.27. The van der Waals surface area contributed by atoms with Crippen molar-refractivity contribution in [3.8, 4) is 54.4 Å². The van der Waals surface area contributed by atoms with E-state index in [1.807, 2.05) is 20.8 Å². The maximum Gasteiger partial charge on any atom is 0.133 e. The van der Waals surface area contributed by atoms with Crippen molar-refractivity contribution in [1.82, 2.24) is 0 Å². The van der Waals surface area contributed by atoms with Crippen LogP contribution in [0, 0.1) is 36.0 Å². The largest absolute Gasteiger partial charge is 0.507 e. The van der Waals surface area contributed by atoms with Crippen molar-refractivity contribution in [2.45, 2.75) is 52.1 Å². The quantitative estimate of drug-likeness (QED) is 0.128. The van der Waals surface area contributed by atoms with Crippen LogP contribution in [0.3, 0.4) is 0 Å². The highest BCUT2D eigenvalue weighted by Gasteiger charge is 2.35. The number of aliphatic hydroxyl groups excluding tert-OH is 1. The second-order valence-electron chi connectivity index (χ2n) is 7.55. The van der Waals surface area contributed by atoms with Gasteiger partial charge in [0, 0.05) is 47.2 Å². The average Bonchev–Trinajstić information content (AvgIpc) is 3.00. The maximum absolute atomic E-state index is 10.8. The Bertz CT molecular complexity index is 1130. The molecule has 2 aromatic carbocycles. The second-order valence-corrected chi connectivity index (χ2v) is 7.55. The van der Waals surface area contributed by atoms with Gasteiger partial charge in [0.1, 0.15) is 41.0 Å². The van der Waals surface area contributed by atoms with E-state index in [4.69, 9.17) is 14.9 Å². The molecule has 40 heavy (non-hydrogen) atoms. The summed E-state index contributed by atoms with van der Waals surface area (Å²) in [5.41, 5.74) is 1.28. The number of terminal acetylenes is 2. The number of allylic oxidation sites excluding steroid dienone is 2. The first-order valence-corrected chi connectivity index (χ1v) is 12.4. The van der Waals surface area contributed by atoms with Gasteiger partial charge in [-0.2, -0.15) is 0 Å². The Labute approximate surface area is 237 Å². The topological polar surface area (TPSA) is 153 Å². The molecule has 2 aromatic rings. The molecule has 0 radical (unpaired) electrons. The molecule has 2 heterocycles. The van der Waals surface area contributed by atoms with Crippen LogP contribution in [0.5, 0.6) is 28.7 Å². The summed E-state index contributed by atoms with van der Waals surface area (Å²) >= 11 is 0. The predicted octanol–water partition coefficient (Wildman–Crippen LogP) is 6.34. The Morgan fingerprint density at radius 2 is 1.55 bits per heavy atom. The molecule has 0 unspecified atom stereocenters. The number of nitrogens with zero attached hydrogens (tertiary/aromatic N) is 1. The number of phenols is 3. The van der Waals surface area contributed by atoms with Crippen LogP contribution in [0.2, 0.25) is 0 Å². The molecule has 0 bridgehead atoms. The number of phenolic OH excluding ortho intramolecular Hbond substituents is 3. The number of fused-ring (bicyclic) bond motifs is 2. The molecule has 0 fully saturated rings. The van der Waals surface area contributed by atoms with Crippen LogP contribution >= 0.6 is 0 Å². The summed E-state index contributed by atoms with van der Waals surface area (Å²) in [6.07, 6.45) is 21.4. The zero-order valence-corrected chi connectivity index (χ0v) is 23.3. The van der Waals surface area contributed by atoms with E-state index in [9.17, 15) is 25.3 Å². The lowest BCUT2D eigenvalue weighted by Gasteiger charge is -2.32. The minimum atomic E-state index is -0.748. The highest BCUT2D eigenvalue weighted by molar-refractivity contribution is 5.65. The fraction of sp³-hybridized carbons (Fsp3) is 0.323. The van der Waals surface area contributed by atoms with Crippen molar-refractivity contribution in [2.24, 2.45) is 5.18 Å². The van der Waals surface area contributed by atoms with Gasteiger partial charge in [-0.3, -0.25) is 0 Å². The van der Waals surface area contributed by atoms with Crippen LogP contribution in [0.1, 0.15) is 56.2 Å². The van der Waals surface area contributed by atoms with E-state index in [-0.39, 0.29) is 36.0 Å². The summed E-state index contributed by atoms with van der Waals surface area (Å²) in [5.74, 6) is -0.344. The van der Waals surface area contributed by atoms with Crippen LogP contribution < -0.4 is 9.47 Å². The SMILES string of the molecule is C#C.C#C.C=CC=C.CC.CCC=N.O=Nc1cc(O)c2c(c1)OCC[C@H]2c1c(O)cc(O)c2c1OC[C@@H](O)C2. The number of aromatic hydroxyl groups is 3. The van der Waals surface area contributed by atoms with E-state index in [0.29, 0.717) is 41.2 Å². The van der Waals surface area contributed by atoms with Gasteiger partial charge in [0.05, 0.1) is 12.7 Å². The van der Waals surface area contributed by atoms with E-state index in [1.54, 1.807) is 12.2 Å². The first-order valence-electron chi connectivity index (χ1n) is 12.4. The fourth-order valence-corrected chi connectivity index (χ4v) is 3.70.